The summed E-state index contributed by atoms with van der Waals surface area (Å²) in [5.41, 5.74) is 4.94. The Morgan fingerprint density at radius 2 is 2.24 bits per heavy atom. The van der Waals surface area contributed by atoms with Crippen molar-refractivity contribution in [3.05, 3.63) is 27.7 Å². The number of urea groups is 1. The van der Waals surface area contributed by atoms with Gasteiger partial charge in [0.1, 0.15) is 11.6 Å². The van der Waals surface area contributed by atoms with Crippen LogP contribution in [-0.2, 0) is 4.79 Å². The van der Waals surface area contributed by atoms with Gasteiger partial charge in [0, 0.05) is 0 Å². The zero-order valence-corrected chi connectivity index (χ0v) is 12.6. The Hall–Kier alpha value is -2.53. The molecule has 1 aromatic carbocycles. The molecule has 0 aromatic heterocycles. The van der Waals surface area contributed by atoms with Crippen LogP contribution in [-0.4, -0.2) is 23.7 Å². The molecule has 1 aromatic rings. The van der Waals surface area contributed by atoms with Crippen LogP contribution in [0.1, 0.15) is 12.5 Å². The molecule has 0 fully saturated rings. The summed E-state index contributed by atoms with van der Waals surface area (Å²) >= 11 is 3.14. The van der Waals surface area contributed by atoms with E-state index in [1.54, 1.807) is 18.3 Å². The summed E-state index contributed by atoms with van der Waals surface area (Å²) in [6.45, 7) is 2.08. The molecule has 0 spiro atoms. The van der Waals surface area contributed by atoms with E-state index in [1.165, 1.54) is 18.2 Å². The van der Waals surface area contributed by atoms with Gasteiger partial charge < -0.3 is 15.6 Å². The minimum atomic E-state index is -1.05. The van der Waals surface area contributed by atoms with Gasteiger partial charge in [-0.25, -0.2) is 4.79 Å². The van der Waals surface area contributed by atoms with Gasteiger partial charge in [0.2, 0.25) is 0 Å². The average Bonchev–Trinajstić information content (AvgIpc) is 2.40. The van der Waals surface area contributed by atoms with Crippen molar-refractivity contribution in [2.24, 2.45) is 5.73 Å². The third-order valence-electron chi connectivity index (χ3n) is 2.26. The van der Waals surface area contributed by atoms with Crippen molar-refractivity contribution in [3.8, 4) is 17.6 Å². The molecule has 0 saturated carbocycles. The number of primary amides is 1. The molecular weight excluding hydrogens is 342 g/mol. The van der Waals surface area contributed by atoms with Crippen LogP contribution in [0, 0.1) is 11.3 Å². The highest BCUT2D eigenvalue weighted by Gasteiger charge is 2.13. The average molecular weight is 354 g/mol. The van der Waals surface area contributed by atoms with E-state index >= 15 is 0 Å². The molecular formula is C13H12BrN3O4. The zero-order chi connectivity index (χ0) is 16.0. The molecule has 0 heterocycles. The Morgan fingerprint density at radius 3 is 2.76 bits per heavy atom. The number of imide groups is 1. The molecule has 3 amide bonds. The summed E-state index contributed by atoms with van der Waals surface area (Å²) in [5, 5.41) is 20.5. The molecule has 110 valence electrons. The molecule has 0 saturated heterocycles. The molecule has 0 bridgehead atoms. The van der Waals surface area contributed by atoms with Gasteiger partial charge in [-0.2, -0.15) is 5.26 Å². The monoisotopic (exact) mass is 353 g/mol. The molecule has 1 rings (SSSR count). The van der Waals surface area contributed by atoms with E-state index in [2.05, 4.69) is 15.9 Å². The van der Waals surface area contributed by atoms with Crippen LogP contribution in [0.15, 0.2) is 22.2 Å². The molecule has 0 unspecified atom stereocenters. The summed E-state index contributed by atoms with van der Waals surface area (Å²) in [6.07, 6.45) is 1.24. The Bertz CT molecular complexity index is 650. The van der Waals surface area contributed by atoms with Gasteiger partial charge in [0.25, 0.3) is 5.91 Å². The van der Waals surface area contributed by atoms with E-state index < -0.39 is 11.9 Å². The number of halogens is 1. The molecule has 0 atom stereocenters. The lowest BCUT2D eigenvalue weighted by Gasteiger charge is -2.09. The number of amides is 3. The summed E-state index contributed by atoms with van der Waals surface area (Å²) < 4.78 is 5.57. The highest BCUT2D eigenvalue weighted by molar-refractivity contribution is 9.10. The molecule has 0 aliphatic heterocycles. The number of phenols is 1. The second-order valence-electron chi connectivity index (χ2n) is 3.77. The third-order valence-corrected chi connectivity index (χ3v) is 2.87. The second kappa shape index (κ2) is 7.31. The molecule has 0 aliphatic rings. The first kappa shape index (κ1) is 16.5. The highest BCUT2D eigenvalue weighted by Crippen LogP contribution is 2.36. The molecule has 0 aliphatic carbocycles. The van der Waals surface area contributed by atoms with E-state index in [4.69, 9.17) is 15.7 Å². The van der Waals surface area contributed by atoms with Crippen LogP contribution in [0.2, 0.25) is 0 Å². The SMILES string of the molecule is CCOc1cc(/C=C(/C#N)C(=O)NC(N)=O)cc(Br)c1O. The van der Waals surface area contributed by atoms with E-state index in [0.29, 0.717) is 16.6 Å². The Balaban J connectivity index is 3.20. The van der Waals surface area contributed by atoms with Crippen molar-refractivity contribution in [2.75, 3.05) is 6.61 Å². The van der Waals surface area contributed by atoms with Gasteiger partial charge in [0.05, 0.1) is 11.1 Å². The highest BCUT2D eigenvalue weighted by atomic mass is 79.9. The molecule has 0 radical (unpaired) electrons. The van der Waals surface area contributed by atoms with Crippen molar-refractivity contribution >= 4 is 33.9 Å². The smallest absolute Gasteiger partial charge is 0.319 e. The molecule has 4 N–H and O–H groups in total. The van der Waals surface area contributed by atoms with Crippen LogP contribution < -0.4 is 15.8 Å². The van der Waals surface area contributed by atoms with Crippen LogP contribution in [0.25, 0.3) is 6.08 Å². The summed E-state index contributed by atoms with van der Waals surface area (Å²) in [7, 11) is 0. The number of benzene rings is 1. The van der Waals surface area contributed by atoms with E-state index in [1.807, 2.05) is 0 Å². The predicted molar refractivity (Wildman–Crippen MR) is 78.3 cm³/mol. The van der Waals surface area contributed by atoms with Crippen LogP contribution in [0.4, 0.5) is 4.79 Å². The molecule has 7 nitrogen and oxygen atoms in total. The first-order chi connectivity index (χ1) is 9.88. The van der Waals surface area contributed by atoms with Gasteiger partial charge in [0.15, 0.2) is 11.5 Å². The van der Waals surface area contributed by atoms with E-state index in [9.17, 15) is 14.7 Å². The van der Waals surface area contributed by atoms with Crippen LogP contribution >= 0.6 is 15.9 Å². The fourth-order valence-corrected chi connectivity index (χ4v) is 1.90. The number of aromatic hydroxyl groups is 1. The number of nitriles is 1. The number of carbonyl (C=O) groups is 2. The third kappa shape index (κ3) is 4.50. The van der Waals surface area contributed by atoms with Crippen LogP contribution in [0.5, 0.6) is 11.5 Å². The first-order valence-electron chi connectivity index (χ1n) is 5.77. The second-order valence-corrected chi connectivity index (χ2v) is 4.63. The molecule has 21 heavy (non-hydrogen) atoms. The number of hydrogen-bond acceptors (Lipinski definition) is 5. The van der Waals surface area contributed by atoms with Crippen LogP contribution in [0.3, 0.4) is 0 Å². The Labute approximate surface area is 129 Å². The lowest BCUT2D eigenvalue weighted by molar-refractivity contribution is -0.115. The maximum atomic E-state index is 11.6. The summed E-state index contributed by atoms with van der Waals surface area (Å²) in [6, 6.07) is 3.56. The number of carbonyl (C=O) groups excluding carboxylic acids is 2. The zero-order valence-electron chi connectivity index (χ0n) is 11.0. The number of phenolic OH excluding ortho intramolecular Hbond substituents is 1. The minimum Gasteiger partial charge on any atom is -0.503 e. The van der Waals surface area contributed by atoms with Crippen molar-refractivity contribution in [2.45, 2.75) is 6.92 Å². The fraction of sp³-hybridized carbons (Fsp3) is 0.154. The summed E-state index contributed by atoms with van der Waals surface area (Å²) in [4.78, 5) is 22.2. The largest absolute Gasteiger partial charge is 0.503 e. The normalized spacial score (nSPS) is 10.6. The van der Waals surface area contributed by atoms with Gasteiger partial charge >= 0.3 is 6.03 Å². The Morgan fingerprint density at radius 1 is 1.57 bits per heavy atom. The van der Waals surface area contributed by atoms with Gasteiger partial charge in [-0.05, 0) is 46.6 Å². The molecule has 8 heteroatoms. The minimum absolute atomic E-state index is 0.0888. The number of hydrogen-bond donors (Lipinski definition) is 3. The van der Waals surface area contributed by atoms with Crippen molar-refractivity contribution in [1.29, 1.82) is 5.26 Å². The number of nitrogens with zero attached hydrogens (tertiary/aromatic N) is 1. The number of rotatable bonds is 4. The maximum absolute atomic E-state index is 11.6. The Kier molecular flexibility index (Phi) is 5.75. The van der Waals surface area contributed by atoms with Crippen molar-refractivity contribution in [3.63, 3.8) is 0 Å². The predicted octanol–water partition coefficient (Wildman–Crippen LogP) is 1.66. The van der Waals surface area contributed by atoms with Crippen molar-refractivity contribution in [1.82, 2.24) is 5.32 Å². The quantitative estimate of drug-likeness (QED) is 0.560. The lowest BCUT2D eigenvalue weighted by atomic mass is 10.1. The van der Waals surface area contributed by atoms with Gasteiger partial charge in [-0.1, -0.05) is 0 Å². The summed E-state index contributed by atoms with van der Waals surface area (Å²) in [5.74, 6) is -0.799. The lowest BCUT2D eigenvalue weighted by Crippen LogP contribution is -2.35. The number of nitrogens with two attached hydrogens (primary N) is 1. The maximum Gasteiger partial charge on any atom is 0.319 e. The van der Waals surface area contributed by atoms with Gasteiger partial charge in [-0.3, -0.25) is 10.1 Å². The fourth-order valence-electron chi connectivity index (χ4n) is 1.44. The number of nitrogens with one attached hydrogen (secondary N) is 1. The topological polar surface area (TPSA) is 125 Å². The first-order valence-corrected chi connectivity index (χ1v) is 6.56. The van der Waals surface area contributed by atoms with E-state index in [0.717, 1.165) is 0 Å². The van der Waals surface area contributed by atoms with Gasteiger partial charge in [-0.15, -0.1) is 0 Å². The number of ether oxygens (including phenoxy) is 1. The van der Waals surface area contributed by atoms with E-state index in [-0.39, 0.29) is 17.1 Å². The standard InChI is InChI=1S/C13H12BrN3O4/c1-2-21-10-5-7(4-9(14)11(10)18)3-8(6-15)12(19)17-13(16)20/h3-5,18H,2H2,1H3,(H3,16,17,19,20)/b8-3-. The van der Waals surface area contributed by atoms with Crippen molar-refractivity contribution < 1.29 is 19.4 Å².